The first-order valence-corrected chi connectivity index (χ1v) is 8.27. The maximum Gasteiger partial charge on any atom is 0.166 e. The van der Waals surface area contributed by atoms with E-state index in [1.165, 1.54) is 17.7 Å². The highest BCUT2D eigenvalue weighted by Gasteiger charge is 2.21. The van der Waals surface area contributed by atoms with Crippen LogP contribution in [-0.2, 0) is 13.2 Å². The van der Waals surface area contributed by atoms with E-state index in [-0.39, 0.29) is 0 Å². The first kappa shape index (κ1) is 14.7. The molecular formula is C16H18ClNO2S. The summed E-state index contributed by atoms with van der Waals surface area (Å²) in [6.45, 7) is 1.30. The Morgan fingerprint density at radius 1 is 1.38 bits per heavy atom. The van der Waals surface area contributed by atoms with Gasteiger partial charge in [-0.25, -0.2) is 0 Å². The Morgan fingerprint density at radius 3 is 2.90 bits per heavy atom. The minimum atomic E-state index is 0.548. The van der Waals surface area contributed by atoms with Crippen LogP contribution in [0.15, 0.2) is 29.6 Å². The summed E-state index contributed by atoms with van der Waals surface area (Å²) in [7, 11) is 1.64. The summed E-state index contributed by atoms with van der Waals surface area (Å²) >= 11 is 7.86. The molecular weight excluding hydrogens is 306 g/mol. The van der Waals surface area contributed by atoms with E-state index in [0.29, 0.717) is 23.4 Å². The summed E-state index contributed by atoms with van der Waals surface area (Å²) in [5, 5.41) is 6.21. The summed E-state index contributed by atoms with van der Waals surface area (Å²) in [5.74, 6) is 1.47. The number of benzene rings is 1. The molecule has 0 saturated heterocycles. The molecule has 0 spiro atoms. The van der Waals surface area contributed by atoms with Crippen molar-refractivity contribution in [2.24, 2.45) is 0 Å². The van der Waals surface area contributed by atoms with E-state index in [9.17, 15) is 0 Å². The molecule has 0 bridgehead atoms. The van der Waals surface area contributed by atoms with Crippen molar-refractivity contribution >= 4 is 22.9 Å². The smallest absolute Gasteiger partial charge is 0.166 e. The van der Waals surface area contributed by atoms with Crippen LogP contribution in [0.1, 0.15) is 23.3 Å². The lowest BCUT2D eigenvalue weighted by Gasteiger charge is -2.16. The monoisotopic (exact) mass is 323 g/mol. The van der Waals surface area contributed by atoms with Gasteiger partial charge in [0.15, 0.2) is 11.5 Å². The molecule has 1 fully saturated rings. The van der Waals surface area contributed by atoms with Crippen molar-refractivity contribution in [1.82, 2.24) is 5.32 Å². The Balaban J connectivity index is 1.79. The number of nitrogens with one attached hydrogen (secondary N) is 1. The summed E-state index contributed by atoms with van der Waals surface area (Å²) < 4.78 is 11.4. The molecule has 2 aromatic rings. The maximum atomic E-state index is 6.17. The molecule has 1 heterocycles. The van der Waals surface area contributed by atoms with E-state index in [4.69, 9.17) is 21.1 Å². The predicted molar refractivity (Wildman–Crippen MR) is 86.5 cm³/mol. The van der Waals surface area contributed by atoms with Crippen LogP contribution < -0.4 is 14.8 Å². The van der Waals surface area contributed by atoms with E-state index >= 15 is 0 Å². The van der Waals surface area contributed by atoms with E-state index < -0.39 is 0 Å². The molecule has 0 amide bonds. The summed E-state index contributed by atoms with van der Waals surface area (Å²) in [4.78, 5) is 1.19. The molecule has 1 aromatic carbocycles. The van der Waals surface area contributed by atoms with Crippen LogP contribution in [0.25, 0.3) is 0 Å². The first-order valence-electron chi connectivity index (χ1n) is 7.01. The predicted octanol–water partition coefficient (Wildman–Crippen LogP) is 4.24. The van der Waals surface area contributed by atoms with E-state index in [2.05, 4.69) is 11.4 Å². The molecule has 1 aliphatic carbocycles. The molecule has 112 valence electrons. The number of hydrogen-bond acceptors (Lipinski definition) is 4. The van der Waals surface area contributed by atoms with Crippen molar-refractivity contribution in [1.29, 1.82) is 0 Å². The Hall–Kier alpha value is -1.23. The molecule has 1 aromatic heterocycles. The van der Waals surface area contributed by atoms with E-state index in [1.807, 2.05) is 17.5 Å². The molecule has 0 atom stereocenters. The van der Waals surface area contributed by atoms with Crippen LogP contribution in [0.3, 0.4) is 0 Å². The number of ether oxygens (including phenoxy) is 2. The highest BCUT2D eigenvalue weighted by atomic mass is 35.5. The molecule has 3 rings (SSSR count). The minimum Gasteiger partial charge on any atom is -0.493 e. The second-order valence-corrected chi connectivity index (χ2v) is 6.59. The zero-order valence-electron chi connectivity index (χ0n) is 11.9. The Kier molecular flexibility index (Phi) is 4.68. The third kappa shape index (κ3) is 3.90. The number of methoxy groups -OCH3 is 1. The number of rotatable bonds is 7. The summed E-state index contributed by atoms with van der Waals surface area (Å²) in [6, 6.07) is 8.47. The maximum absolute atomic E-state index is 6.17. The largest absolute Gasteiger partial charge is 0.493 e. The average Bonchev–Trinajstić information content (AvgIpc) is 3.17. The standard InChI is InChI=1S/C16H18ClNO2S/c1-19-15-8-12(17)7-11(9-18-13-4-5-13)16(15)20-10-14-3-2-6-21-14/h2-3,6-8,13,18H,4-5,9-10H2,1H3. The second-order valence-electron chi connectivity index (χ2n) is 5.12. The third-order valence-electron chi connectivity index (χ3n) is 3.41. The highest BCUT2D eigenvalue weighted by Crippen LogP contribution is 2.36. The van der Waals surface area contributed by atoms with Crippen LogP contribution in [-0.4, -0.2) is 13.2 Å². The van der Waals surface area contributed by atoms with Crippen LogP contribution in [0.5, 0.6) is 11.5 Å². The lowest BCUT2D eigenvalue weighted by atomic mass is 10.1. The van der Waals surface area contributed by atoms with Crippen molar-refractivity contribution in [2.75, 3.05) is 7.11 Å². The molecule has 1 aliphatic rings. The zero-order chi connectivity index (χ0) is 14.7. The molecule has 1 N–H and O–H groups in total. The average molecular weight is 324 g/mol. The second kappa shape index (κ2) is 6.69. The highest BCUT2D eigenvalue weighted by molar-refractivity contribution is 7.09. The number of hydrogen-bond donors (Lipinski definition) is 1. The van der Waals surface area contributed by atoms with Gasteiger partial charge in [0.05, 0.1) is 7.11 Å². The van der Waals surface area contributed by atoms with Crippen molar-refractivity contribution in [2.45, 2.75) is 32.0 Å². The van der Waals surface area contributed by atoms with Crippen LogP contribution >= 0.6 is 22.9 Å². The fraction of sp³-hybridized carbons (Fsp3) is 0.375. The van der Waals surface area contributed by atoms with Crippen molar-refractivity contribution in [3.63, 3.8) is 0 Å². The van der Waals surface area contributed by atoms with Gasteiger partial charge in [0, 0.05) is 34.1 Å². The van der Waals surface area contributed by atoms with Gasteiger partial charge in [-0.2, -0.15) is 0 Å². The van der Waals surface area contributed by atoms with Crippen LogP contribution in [0.2, 0.25) is 5.02 Å². The fourth-order valence-electron chi connectivity index (χ4n) is 2.15. The first-order chi connectivity index (χ1) is 10.3. The summed E-state index contributed by atoms with van der Waals surface area (Å²) in [5.41, 5.74) is 1.04. The lowest BCUT2D eigenvalue weighted by molar-refractivity contribution is 0.283. The van der Waals surface area contributed by atoms with Gasteiger partial charge in [-0.15, -0.1) is 11.3 Å². The normalized spacial score (nSPS) is 14.2. The van der Waals surface area contributed by atoms with Gasteiger partial charge in [0.2, 0.25) is 0 Å². The SMILES string of the molecule is COc1cc(Cl)cc(CNC2CC2)c1OCc1cccs1. The Bertz CT molecular complexity index is 597. The van der Waals surface area contributed by atoms with Crippen molar-refractivity contribution in [3.05, 3.63) is 45.1 Å². The molecule has 0 radical (unpaired) electrons. The van der Waals surface area contributed by atoms with Gasteiger partial charge in [-0.05, 0) is 30.4 Å². The molecule has 21 heavy (non-hydrogen) atoms. The van der Waals surface area contributed by atoms with Gasteiger partial charge >= 0.3 is 0 Å². The quantitative estimate of drug-likeness (QED) is 0.826. The lowest BCUT2D eigenvalue weighted by Crippen LogP contribution is -2.16. The van der Waals surface area contributed by atoms with Crippen molar-refractivity contribution in [3.8, 4) is 11.5 Å². The number of halogens is 1. The molecule has 0 aliphatic heterocycles. The Morgan fingerprint density at radius 2 is 2.24 bits per heavy atom. The van der Waals surface area contributed by atoms with E-state index in [0.717, 1.165) is 17.9 Å². The third-order valence-corrected chi connectivity index (χ3v) is 4.48. The summed E-state index contributed by atoms with van der Waals surface area (Å²) in [6.07, 6.45) is 2.51. The van der Waals surface area contributed by atoms with Gasteiger partial charge < -0.3 is 14.8 Å². The Labute approximate surface area is 133 Å². The van der Waals surface area contributed by atoms with Crippen LogP contribution in [0, 0.1) is 0 Å². The van der Waals surface area contributed by atoms with Crippen molar-refractivity contribution < 1.29 is 9.47 Å². The molecule has 5 heteroatoms. The minimum absolute atomic E-state index is 0.548. The zero-order valence-corrected chi connectivity index (χ0v) is 13.5. The fourth-order valence-corrected chi connectivity index (χ4v) is 3.00. The van der Waals surface area contributed by atoms with Gasteiger partial charge in [0.25, 0.3) is 0 Å². The van der Waals surface area contributed by atoms with Gasteiger partial charge in [-0.1, -0.05) is 17.7 Å². The topological polar surface area (TPSA) is 30.5 Å². The van der Waals surface area contributed by atoms with Gasteiger partial charge in [0.1, 0.15) is 6.61 Å². The molecule has 3 nitrogen and oxygen atoms in total. The van der Waals surface area contributed by atoms with Gasteiger partial charge in [-0.3, -0.25) is 0 Å². The number of thiophene rings is 1. The molecule has 1 saturated carbocycles. The van der Waals surface area contributed by atoms with Crippen LogP contribution in [0.4, 0.5) is 0 Å². The van der Waals surface area contributed by atoms with E-state index in [1.54, 1.807) is 24.5 Å². The molecule has 0 unspecified atom stereocenters.